The maximum absolute atomic E-state index is 6.41. The van der Waals surface area contributed by atoms with E-state index in [1.54, 1.807) is 0 Å². The van der Waals surface area contributed by atoms with Crippen molar-refractivity contribution in [2.45, 2.75) is 45.6 Å². The van der Waals surface area contributed by atoms with E-state index in [4.69, 9.17) is 9.47 Å². The zero-order valence-electron chi connectivity index (χ0n) is 21.5. The number of aromatic nitrogens is 2. The number of nitrogens with zero attached hydrogens (tertiary/aromatic N) is 2. The van der Waals surface area contributed by atoms with Crippen LogP contribution in [0, 0.1) is 6.92 Å². The third-order valence-corrected chi connectivity index (χ3v) is 6.88. The van der Waals surface area contributed by atoms with Crippen LogP contribution in [0.25, 0.3) is 22.5 Å². The highest BCUT2D eigenvalue weighted by Gasteiger charge is 2.38. The van der Waals surface area contributed by atoms with Crippen LogP contribution >= 0.6 is 0 Å². The monoisotopic (exact) mass is 478 g/mol. The fourth-order valence-electron chi connectivity index (χ4n) is 5.14. The first-order chi connectivity index (χ1) is 17.5. The van der Waals surface area contributed by atoms with Crippen molar-refractivity contribution in [1.82, 2.24) is 0 Å². The van der Waals surface area contributed by atoms with Crippen molar-refractivity contribution in [3.63, 3.8) is 0 Å². The van der Waals surface area contributed by atoms with Crippen molar-refractivity contribution in [1.29, 1.82) is 0 Å². The molecule has 0 N–H and O–H groups in total. The molecule has 1 aliphatic rings. The summed E-state index contributed by atoms with van der Waals surface area (Å²) in [6.45, 7) is 6.25. The molecule has 4 nitrogen and oxygen atoms in total. The molecule has 2 aromatic carbocycles. The lowest BCUT2D eigenvalue weighted by Gasteiger charge is -2.31. The summed E-state index contributed by atoms with van der Waals surface area (Å²) in [6, 6.07) is 29.8. The summed E-state index contributed by atoms with van der Waals surface area (Å²) in [5, 5.41) is 0. The van der Waals surface area contributed by atoms with Crippen LogP contribution in [0.1, 0.15) is 31.0 Å². The number of rotatable bonds is 6. The van der Waals surface area contributed by atoms with Gasteiger partial charge in [-0.3, -0.25) is 0 Å². The first-order valence-electron chi connectivity index (χ1n) is 12.6. The molecule has 3 atom stereocenters. The summed E-state index contributed by atoms with van der Waals surface area (Å²) >= 11 is 0. The van der Waals surface area contributed by atoms with E-state index in [1.165, 1.54) is 27.9 Å². The lowest BCUT2D eigenvalue weighted by atomic mass is 9.95. The summed E-state index contributed by atoms with van der Waals surface area (Å²) in [5.41, 5.74) is 7.25. The molecular formula is C32H34N2O2+2. The van der Waals surface area contributed by atoms with Crippen molar-refractivity contribution < 1.29 is 18.6 Å². The van der Waals surface area contributed by atoms with Crippen LogP contribution < -0.4 is 9.13 Å². The molecule has 3 unspecified atom stereocenters. The zero-order valence-corrected chi connectivity index (χ0v) is 21.5. The topological polar surface area (TPSA) is 26.2 Å². The Balaban J connectivity index is 1.64. The maximum atomic E-state index is 6.41. The normalized spacial score (nSPS) is 18.3. The molecule has 2 aromatic heterocycles. The Morgan fingerprint density at radius 2 is 1.44 bits per heavy atom. The summed E-state index contributed by atoms with van der Waals surface area (Å²) < 4.78 is 17.3. The molecule has 0 saturated heterocycles. The summed E-state index contributed by atoms with van der Waals surface area (Å²) in [4.78, 5) is 0. The number of allylic oxidation sites excluding steroid dienone is 1. The average Bonchev–Trinajstić information content (AvgIpc) is 2.88. The van der Waals surface area contributed by atoms with Crippen LogP contribution in [0.3, 0.4) is 0 Å². The van der Waals surface area contributed by atoms with E-state index in [0.29, 0.717) is 0 Å². The minimum Gasteiger partial charge on any atom is -0.463 e. The Bertz CT molecular complexity index is 1390. The van der Waals surface area contributed by atoms with Crippen molar-refractivity contribution in [2.75, 3.05) is 0 Å². The molecule has 1 aliphatic heterocycles. The van der Waals surface area contributed by atoms with E-state index < -0.39 is 6.29 Å². The minimum absolute atomic E-state index is 0.0142. The predicted octanol–water partition coefficient (Wildman–Crippen LogP) is 5.89. The Hall–Kier alpha value is -3.76. The second-order valence-corrected chi connectivity index (χ2v) is 9.54. The highest BCUT2D eigenvalue weighted by Crippen LogP contribution is 2.30. The molecular weight excluding hydrogens is 444 g/mol. The number of pyridine rings is 2. The molecule has 5 rings (SSSR count). The largest absolute Gasteiger partial charge is 0.463 e. The number of benzene rings is 2. The maximum Gasteiger partial charge on any atom is 0.262 e. The highest BCUT2D eigenvalue weighted by molar-refractivity contribution is 5.62. The Labute approximate surface area is 214 Å². The Kier molecular flexibility index (Phi) is 6.97. The highest BCUT2D eigenvalue weighted by atomic mass is 16.7. The molecule has 0 bridgehead atoms. The third-order valence-electron chi connectivity index (χ3n) is 6.88. The Morgan fingerprint density at radius 1 is 0.778 bits per heavy atom. The second-order valence-electron chi connectivity index (χ2n) is 9.54. The first-order valence-corrected chi connectivity index (χ1v) is 12.6. The standard InChI is InChI=1S/C32H34N2O2/c1-23-13-5-7-15-27(23)30-18-10-12-20-34(30)31(32-35-24(2)21-25(3)36-32)22-26-14-6-8-16-28(26)29-17-9-11-19-33(29)4/h5-21,24,31-32H,22H2,1-4H3/q+2. The number of aryl methyl sites for hydroxylation is 2. The van der Waals surface area contributed by atoms with Gasteiger partial charge >= 0.3 is 0 Å². The van der Waals surface area contributed by atoms with Crippen molar-refractivity contribution in [3.05, 3.63) is 120 Å². The van der Waals surface area contributed by atoms with E-state index in [2.05, 4.69) is 127 Å². The molecule has 3 heterocycles. The van der Waals surface area contributed by atoms with Crippen LogP contribution in [-0.2, 0) is 22.9 Å². The van der Waals surface area contributed by atoms with Crippen LogP contribution in [-0.4, -0.2) is 12.4 Å². The Morgan fingerprint density at radius 3 is 2.19 bits per heavy atom. The van der Waals surface area contributed by atoms with Gasteiger partial charge in [-0.15, -0.1) is 0 Å². The fraction of sp³-hybridized carbons (Fsp3) is 0.250. The lowest BCUT2D eigenvalue weighted by molar-refractivity contribution is -0.728. The van der Waals surface area contributed by atoms with Crippen LogP contribution in [0.2, 0.25) is 0 Å². The molecule has 0 radical (unpaired) electrons. The van der Waals surface area contributed by atoms with Crippen molar-refractivity contribution in [3.8, 4) is 22.5 Å². The third kappa shape index (κ3) is 4.95. The quantitative estimate of drug-likeness (QED) is 0.323. The van der Waals surface area contributed by atoms with Gasteiger partial charge in [-0.1, -0.05) is 36.4 Å². The van der Waals surface area contributed by atoms with Gasteiger partial charge < -0.3 is 9.47 Å². The van der Waals surface area contributed by atoms with E-state index in [1.807, 2.05) is 13.0 Å². The van der Waals surface area contributed by atoms with E-state index in [0.717, 1.165) is 17.9 Å². The van der Waals surface area contributed by atoms with Crippen molar-refractivity contribution >= 4 is 0 Å². The number of hydrogen-bond donors (Lipinski definition) is 0. The smallest absolute Gasteiger partial charge is 0.262 e. The zero-order chi connectivity index (χ0) is 25.1. The second kappa shape index (κ2) is 10.5. The molecule has 0 saturated carbocycles. The van der Waals surface area contributed by atoms with Crippen LogP contribution in [0.4, 0.5) is 0 Å². The van der Waals surface area contributed by atoms with Crippen LogP contribution in [0.15, 0.2) is 109 Å². The van der Waals surface area contributed by atoms with Gasteiger partial charge in [0.05, 0.1) is 11.9 Å². The molecule has 0 amide bonds. The average molecular weight is 479 g/mol. The van der Waals surface area contributed by atoms with Gasteiger partial charge in [-0.2, -0.15) is 4.57 Å². The van der Waals surface area contributed by atoms with Crippen molar-refractivity contribution in [2.24, 2.45) is 7.05 Å². The van der Waals surface area contributed by atoms with Gasteiger partial charge in [0.2, 0.25) is 17.4 Å². The summed E-state index contributed by atoms with van der Waals surface area (Å²) in [6.07, 6.45) is 6.60. The van der Waals surface area contributed by atoms with E-state index >= 15 is 0 Å². The van der Waals surface area contributed by atoms with Crippen LogP contribution in [0.5, 0.6) is 0 Å². The van der Waals surface area contributed by atoms with Gasteiger partial charge in [-0.25, -0.2) is 4.57 Å². The molecule has 36 heavy (non-hydrogen) atoms. The first kappa shape index (κ1) is 24.0. The SMILES string of the molecule is CC1=CC(C)OC(C(Cc2ccccc2-c2cccc[n+]2C)[n+]2ccccc2-c2ccccc2C)O1. The summed E-state index contributed by atoms with van der Waals surface area (Å²) in [7, 11) is 2.09. The molecule has 4 heteroatoms. The molecule has 4 aromatic rings. The van der Waals surface area contributed by atoms with E-state index in [-0.39, 0.29) is 12.1 Å². The molecule has 0 fully saturated rings. The summed E-state index contributed by atoms with van der Waals surface area (Å²) in [5.74, 6) is 0.903. The van der Waals surface area contributed by atoms with Gasteiger partial charge in [-0.05, 0) is 62.2 Å². The number of ether oxygens (including phenoxy) is 2. The van der Waals surface area contributed by atoms with Gasteiger partial charge in [0.25, 0.3) is 6.29 Å². The molecule has 0 spiro atoms. The van der Waals surface area contributed by atoms with Gasteiger partial charge in [0.15, 0.2) is 12.4 Å². The predicted molar refractivity (Wildman–Crippen MR) is 142 cm³/mol. The number of hydrogen-bond acceptors (Lipinski definition) is 2. The molecule has 182 valence electrons. The molecule has 0 aliphatic carbocycles. The van der Waals surface area contributed by atoms with Gasteiger partial charge in [0, 0.05) is 41.8 Å². The lowest BCUT2D eigenvalue weighted by Crippen LogP contribution is -2.51. The van der Waals surface area contributed by atoms with Gasteiger partial charge in [0.1, 0.15) is 7.05 Å². The van der Waals surface area contributed by atoms with E-state index in [9.17, 15) is 0 Å². The fourth-order valence-corrected chi connectivity index (χ4v) is 5.14. The minimum atomic E-state index is -0.419.